The van der Waals surface area contributed by atoms with E-state index in [0.717, 1.165) is 10.8 Å². The number of aromatic nitrogens is 1. The molecule has 19 heavy (non-hydrogen) atoms. The van der Waals surface area contributed by atoms with E-state index in [-0.39, 0.29) is 5.78 Å². The van der Waals surface area contributed by atoms with Gasteiger partial charge in [0.05, 0.1) is 17.2 Å². The number of benzene rings is 1. The van der Waals surface area contributed by atoms with Gasteiger partial charge in [-0.1, -0.05) is 18.2 Å². The third-order valence-electron chi connectivity index (χ3n) is 2.49. The van der Waals surface area contributed by atoms with Crippen LogP contribution in [0.3, 0.4) is 0 Å². The van der Waals surface area contributed by atoms with E-state index in [9.17, 15) is 4.79 Å². The third kappa shape index (κ3) is 4.10. The molecule has 98 valence electrons. The minimum atomic E-state index is 0.0213. The maximum atomic E-state index is 11.4. The normalized spacial score (nSPS) is 10.2. The number of Topliss-reactive ketones (excluding diaryl/α,β-unsaturated/α-hetero) is 1. The molecule has 0 aliphatic carbocycles. The number of carbonyl (C=O) groups excluding carboxylic acids is 1. The van der Waals surface area contributed by atoms with Gasteiger partial charge in [0, 0.05) is 11.9 Å². The summed E-state index contributed by atoms with van der Waals surface area (Å²) in [6, 6.07) is 13.1. The zero-order valence-electron chi connectivity index (χ0n) is 10.7. The van der Waals surface area contributed by atoms with E-state index in [2.05, 4.69) is 4.98 Å². The van der Waals surface area contributed by atoms with E-state index in [4.69, 9.17) is 4.74 Å². The Kier molecular flexibility index (Phi) is 4.98. The second kappa shape index (κ2) is 6.95. The summed E-state index contributed by atoms with van der Waals surface area (Å²) in [5.41, 5.74) is 0.630. The molecule has 2 aromatic rings. The third-order valence-corrected chi connectivity index (χ3v) is 3.40. The SMILES string of the molecule is CC(=O)c1ccccc1OCCSc1ccccn1. The molecule has 1 heterocycles. The Bertz CT molecular complexity index is 543. The van der Waals surface area contributed by atoms with Crippen LogP contribution in [0.15, 0.2) is 53.7 Å². The summed E-state index contributed by atoms with van der Waals surface area (Å²) in [5, 5.41) is 0.978. The topological polar surface area (TPSA) is 39.2 Å². The molecule has 0 N–H and O–H groups in total. The van der Waals surface area contributed by atoms with Crippen molar-refractivity contribution in [2.75, 3.05) is 12.4 Å². The molecule has 0 atom stereocenters. The van der Waals surface area contributed by atoms with Crippen LogP contribution in [-0.4, -0.2) is 23.1 Å². The van der Waals surface area contributed by atoms with E-state index in [1.807, 2.05) is 36.4 Å². The summed E-state index contributed by atoms with van der Waals surface area (Å²) in [6.07, 6.45) is 1.77. The maximum absolute atomic E-state index is 11.4. The highest BCUT2D eigenvalue weighted by atomic mass is 32.2. The van der Waals surface area contributed by atoms with Crippen molar-refractivity contribution in [2.45, 2.75) is 11.9 Å². The summed E-state index contributed by atoms with van der Waals surface area (Å²) in [5.74, 6) is 1.47. The number of ketones is 1. The minimum absolute atomic E-state index is 0.0213. The molecular formula is C15H15NO2S. The van der Waals surface area contributed by atoms with Gasteiger partial charge in [0.2, 0.25) is 0 Å². The van der Waals surface area contributed by atoms with E-state index >= 15 is 0 Å². The largest absolute Gasteiger partial charge is 0.492 e. The molecule has 0 amide bonds. The number of thioether (sulfide) groups is 1. The number of rotatable bonds is 6. The summed E-state index contributed by atoms with van der Waals surface area (Å²) in [6.45, 7) is 2.09. The smallest absolute Gasteiger partial charge is 0.163 e. The number of para-hydroxylation sites is 1. The molecule has 2 rings (SSSR count). The molecule has 1 aromatic carbocycles. The van der Waals surface area contributed by atoms with Gasteiger partial charge in [-0.2, -0.15) is 0 Å². The molecule has 0 saturated carbocycles. The van der Waals surface area contributed by atoms with Gasteiger partial charge in [-0.05, 0) is 31.2 Å². The predicted molar refractivity (Wildman–Crippen MR) is 76.9 cm³/mol. The van der Waals surface area contributed by atoms with E-state index in [0.29, 0.717) is 17.9 Å². The Labute approximate surface area is 117 Å². The van der Waals surface area contributed by atoms with Gasteiger partial charge < -0.3 is 4.74 Å². The Morgan fingerprint density at radius 1 is 1.21 bits per heavy atom. The molecule has 0 radical (unpaired) electrons. The monoisotopic (exact) mass is 273 g/mol. The second-order valence-electron chi connectivity index (χ2n) is 3.92. The maximum Gasteiger partial charge on any atom is 0.163 e. The van der Waals surface area contributed by atoms with Gasteiger partial charge in [0.15, 0.2) is 5.78 Å². The van der Waals surface area contributed by atoms with Crippen molar-refractivity contribution in [3.8, 4) is 5.75 Å². The van der Waals surface area contributed by atoms with Crippen LogP contribution >= 0.6 is 11.8 Å². The number of pyridine rings is 1. The average molecular weight is 273 g/mol. The van der Waals surface area contributed by atoms with Crippen LogP contribution < -0.4 is 4.74 Å². The van der Waals surface area contributed by atoms with Gasteiger partial charge in [-0.25, -0.2) is 4.98 Å². The zero-order chi connectivity index (χ0) is 13.5. The quantitative estimate of drug-likeness (QED) is 0.459. The number of hydrogen-bond acceptors (Lipinski definition) is 4. The molecule has 0 saturated heterocycles. The van der Waals surface area contributed by atoms with Crippen LogP contribution in [0.5, 0.6) is 5.75 Å². The fraction of sp³-hybridized carbons (Fsp3) is 0.200. The molecule has 0 aliphatic heterocycles. The Morgan fingerprint density at radius 2 is 2.00 bits per heavy atom. The summed E-state index contributed by atoms with van der Waals surface area (Å²) >= 11 is 1.63. The minimum Gasteiger partial charge on any atom is -0.492 e. The van der Waals surface area contributed by atoms with Gasteiger partial charge in [0.25, 0.3) is 0 Å². The van der Waals surface area contributed by atoms with Gasteiger partial charge in [-0.15, -0.1) is 11.8 Å². The molecule has 0 bridgehead atoms. The number of carbonyl (C=O) groups is 1. The zero-order valence-corrected chi connectivity index (χ0v) is 11.5. The van der Waals surface area contributed by atoms with Crippen LogP contribution in [0.4, 0.5) is 0 Å². The first-order valence-electron chi connectivity index (χ1n) is 6.04. The molecule has 0 spiro atoms. The van der Waals surface area contributed by atoms with E-state index in [1.165, 1.54) is 0 Å². The highest BCUT2D eigenvalue weighted by Gasteiger charge is 2.06. The number of hydrogen-bond donors (Lipinski definition) is 0. The van der Waals surface area contributed by atoms with Gasteiger partial charge in [0.1, 0.15) is 5.75 Å². The molecule has 4 heteroatoms. The van der Waals surface area contributed by atoms with Crippen molar-refractivity contribution in [3.05, 3.63) is 54.2 Å². The van der Waals surface area contributed by atoms with Crippen molar-refractivity contribution in [2.24, 2.45) is 0 Å². The fourth-order valence-electron chi connectivity index (χ4n) is 1.61. The highest BCUT2D eigenvalue weighted by Crippen LogP contribution is 2.19. The molecular weight excluding hydrogens is 258 g/mol. The van der Waals surface area contributed by atoms with Crippen molar-refractivity contribution in [1.82, 2.24) is 4.98 Å². The van der Waals surface area contributed by atoms with Crippen molar-refractivity contribution in [3.63, 3.8) is 0 Å². The first-order chi connectivity index (χ1) is 9.27. The van der Waals surface area contributed by atoms with Crippen LogP contribution in [0.1, 0.15) is 17.3 Å². The standard InChI is InChI=1S/C15H15NO2S/c1-12(17)13-6-2-3-7-14(13)18-10-11-19-15-8-4-5-9-16-15/h2-9H,10-11H2,1H3. The van der Waals surface area contributed by atoms with Crippen LogP contribution in [0.2, 0.25) is 0 Å². The van der Waals surface area contributed by atoms with Crippen molar-refractivity contribution < 1.29 is 9.53 Å². The first-order valence-corrected chi connectivity index (χ1v) is 7.02. The molecule has 0 fully saturated rings. The fourth-order valence-corrected chi connectivity index (χ4v) is 2.30. The average Bonchev–Trinajstić information content (AvgIpc) is 2.45. The lowest BCUT2D eigenvalue weighted by Gasteiger charge is -2.09. The van der Waals surface area contributed by atoms with E-state index in [1.54, 1.807) is 30.9 Å². The lowest BCUT2D eigenvalue weighted by molar-refractivity contribution is 0.101. The molecule has 3 nitrogen and oxygen atoms in total. The summed E-state index contributed by atoms with van der Waals surface area (Å²) in [7, 11) is 0. The summed E-state index contributed by atoms with van der Waals surface area (Å²) in [4.78, 5) is 15.6. The Hall–Kier alpha value is -1.81. The van der Waals surface area contributed by atoms with Crippen LogP contribution in [0, 0.1) is 0 Å². The van der Waals surface area contributed by atoms with Gasteiger partial charge >= 0.3 is 0 Å². The molecule has 0 aliphatic rings. The molecule has 0 unspecified atom stereocenters. The Morgan fingerprint density at radius 3 is 2.74 bits per heavy atom. The van der Waals surface area contributed by atoms with Crippen LogP contribution in [0.25, 0.3) is 0 Å². The lowest BCUT2D eigenvalue weighted by atomic mass is 10.1. The number of nitrogens with zero attached hydrogens (tertiary/aromatic N) is 1. The lowest BCUT2D eigenvalue weighted by Crippen LogP contribution is -2.04. The van der Waals surface area contributed by atoms with Crippen molar-refractivity contribution >= 4 is 17.5 Å². The van der Waals surface area contributed by atoms with E-state index < -0.39 is 0 Å². The summed E-state index contributed by atoms with van der Waals surface area (Å²) < 4.78 is 5.65. The van der Waals surface area contributed by atoms with Crippen LogP contribution in [-0.2, 0) is 0 Å². The Balaban J connectivity index is 1.85. The highest BCUT2D eigenvalue weighted by molar-refractivity contribution is 7.99. The molecule has 1 aromatic heterocycles. The predicted octanol–water partition coefficient (Wildman–Crippen LogP) is 3.46. The van der Waals surface area contributed by atoms with Crippen molar-refractivity contribution in [1.29, 1.82) is 0 Å². The first kappa shape index (κ1) is 13.6. The second-order valence-corrected chi connectivity index (χ2v) is 5.03. The van der Waals surface area contributed by atoms with Gasteiger partial charge in [-0.3, -0.25) is 4.79 Å². The number of ether oxygens (including phenoxy) is 1.